The molecule has 4 nitrogen and oxygen atoms in total. The van der Waals surface area contributed by atoms with E-state index in [1.807, 2.05) is 12.1 Å². The van der Waals surface area contributed by atoms with Crippen molar-refractivity contribution in [3.8, 4) is 0 Å². The van der Waals surface area contributed by atoms with Crippen LogP contribution in [0.1, 0.15) is 27.0 Å². The summed E-state index contributed by atoms with van der Waals surface area (Å²) in [7, 11) is -3.68. The molecule has 3 aromatic carbocycles. The number of carbonyl (C=O) groups excluding carboxylic acids is 1. The minimum atomic E-state index is -3.68. The largest absolute Gasteiger partial charge is 0.440 e. The molecule has 0 N–H and O–H groups in total. The predicted molar refractivity (Wildman–Crippen MR) is 90.1 cm³/mol. The van der Waals surface area contributed by atoms with E-state index < -0.39 is 21.4 Å². The van der Waals surface area contributed by atoms with Crippen LogP contribution in [0.5, 0.6) is 0 Å². The van der Waals surface area contributed by atoms with Gasteiger partial charge in [0.15, 0.2) is 5.60 Å². The maximum Gasteiger partial charge on any atom is 0.340 e. The van der Waals surface area contributed by atoms with E-state index in [1.54, 1.807) is 60.7 Å². The van der Waals surface area contributed by atoms with Gasteiger partial charge in [0.2, 0.25) is 9.84 Å². The number of benzene rings is 3. The Bertz CT molecular complexity index is 1110. The molecule has 0 fully saturated rings. The Morgan fingerprint density at radius 3 is 1.76 bits per heavy atom. The standard InChI is InChI=1S/C20H12O4S/c21-19-13-7-1-2-8-14(13)20(24-19)15-9-3-5-11-17(15)25(22,23)18-12-6-4-10-16(18)20/h1-12H. The van der Waals surface area contributed by atoms with Crippen LogP contribution in [0.25, 0.3) is 0 Å². The molecule has 2 heterocycles. The first-order valence-electron chi connectivity index (χ1n) is 7.84. The molecule has 0 saturated carbocycles. The van der Waals surface area contributed by atoms with Crippen LogP contribution in [-0.4, -0.2) is 14.4 Å². The molecule has 0 atom stereocenters. The lowest BCUT2D eigenvalue weighted by Crippen LogP contribution is -2.36. The van der Waals surface area contributed by atoms with E-state index >= 15 is 0 Å². The van der Waals surface area contributed by atoms with Gasteiger partial charge in [-0.2, -0.15) is 0 Å². The molecule has 122 valence electrons. The Labute approximate surface area is 144 Å². The predicted octanol–water partition coefficient (Wildman–Crippen LogP) is 3.30. The van der Waals surface area contributed by atoms with E-state index in [4.69, 9.17) is 4.74 Å². The fraction of sp³-hybridized carbons (Fsp3) is 0.0500. The summed E-state index contributed by atoms with van der Waals surface area (Å²) in [6, 6.07) is 20.6. The normalized spacial score (nSPS) is 18.2. The second-order valence-electron chi connectivity index (χ2n) is 6.11. The highest BCUT2D eigenvalue weighted by Gasteiger charge is 2.55. The molecule has 3 aromatic rings. The summed E-state index contributed by atoms with van der Waals surface area (Å²) in [4.78, 5) is 12.9. The van der Waals surface area contributed by atoms with Gasteiger partial charge in [0.05, 0.1) is 15.4 Å². The summed E-state index contributed by atoms with van der Waals surface area (Å²) in [6.45, 7) is 0. The highest BCUT2D eigenvalue weighted by molar-refractivity contribution is 7.91. The molecule has 0 aromatic heterocycles. The minimum Gasteiger partial charge on any atom is -0.440 e. The van der Waals surface area contributed by atoms with Crippen molar-refractivity contribution in [2.75, 3.05) is 0 Å². The maximum absolute atomic E-state index is 13.1. The quantitative estimate of drug-likeness (QED) is 0.585. The summed E-state index contributed by atoms with van der Waals surface area (Å²) in [5.41, 5.74) is 0.867. The number of ether oxygens (including phenoxy) is 1. The molecular formula is C20H12O4S. The Hall–Kier alpha value is -2.92. The molecular weight excluding hydrogens is 336 g/mol. The van der Waals surface area contributed by atoms with Crippen LogP contribution in [0, 0.1) is 0 Å². The van der Waals surface area contributed by atoms with E-state index in [0.29, 0.717) is 22.3 Å². The fourth-order valence-corrected chi connectivity index (χ4v) is 5.62. The van der Waals surface area contributed by atoms with Gasteiger partial charge in [-0.1, -0.05) is 54.6 Å². The molecule has 0 saturated heterocycles. The lowest BCUT2D eigenvalue weighted by Gasteiger charge is -2.36. The van der Waals surface area contributed by atoms with Crippen molar-refractivity contribution in [1.29, 1.82) is 0 Å². The van der Waals surface area contributed by atoms with E-state index in [0.717, 1.165) is 0 Å². The minimum absolute atomic E-state index is 0.179. The molecule has 0 radical (unpaired) electrons. The third-order valence-corrected chi connectivity index (χ3v) is 6.75. The average molecular weight is 348 g/mol. The average Bonchev–Trinajstić information content (AvgIpc) is 2.95. The molecule has 5 heteroatoms. The molecule has 25 heavy (non-hydrogen) atoms. The molecule has 0 bridgehead atoms. The van der Waals surface area contributed by atoms with Crippen LogP contribution in [-0.2, 0) is 20.2 Å². The van der Waals surface area contributed by atoms with Gasteiger partial charge in [-0.05, 0) is 18.2 Å². The number of carbonyl (C=O) groups is 1. The number of sulfone groups is 1. The van der Waals surface area contributed by atoms with Crippen LogP contribution in [0.2, 0.25) is 0 Å². The second kappa shape index (κ2) is 4.58. The SMILES string of the molecule is O=C1OC2(c3ccccc31)c1ccccc1S(=O)(=O)c1ccccc12. The molecule has 0 amide bonds. The third kappa shape index (κ3) is 1.61. The number of fused-ring (bicyclic) bond motifs is 6. The zero-order valence-corrected chi connectivity index (χ0v) is 13.8. The van der Waals surface area contributed by atoms with Gasteiger partial charge in [-0.15, -0.1) is 0 Å². The van der Waals surface area contributed by atoms with Gasteiger partial charge < -0.3 is 4.74 Å². The third-order valence-electron chi connectivity index (χ3n) is 4.88. The first-order valence-corrected chi connectivity index (χ1v) is 9.32. The van der Waals surface area contributed by atoms with Crippen molar-refractivity contribution in [1.82, 2.24) is 0 Å². The zero-order chi connectivity index (χ0) is 17.2. The van der Waals surface area contributed by atoms with Crippen LogP contribution in [0.15, 0.2) is 82.6 Å². The van der Waals surface area contributed by atoms with Crippen LogP contribution in [0.3, 0.4) is 0 Å². The molecule has 1 spiro atoms. The van der Waals surface area contributed by atoms with Gasteiger partial charge in [-0.3, -0.25) is 0 Å². The first-order chi connectivity index (χ1) is 12.1. The number of hydrogen-bond donors (Lipinski definition) is 0. The lowest BCUT2D eigenvalue weighted by molar-refractivity contribution is 0.0230. The number of rotatable bonds is 0. The van der Waals surface area contributed by atoms with E-state index in [1.165, 1.54) is 0 Å². The number of esters is 1. The summed E-state index contributed by atoms with van der Waals surface area (Å²) in [5, 5.41) is 0. The van der Waals surface area contributed by atoms with Crippen molar-refractivity contribution in [3.63, 3.8) is 0 Å². The van der Waals surface area contributed by atoms with E-state index in [2.05, 4.69) is 0 Å². The Morgan fingerprint density at radius 2 is 1.16 bits per heavy atom. The summed E-state index contributed by atoms with van der Waals surface area (Å²) in [6.07, 6.45) is 0. The molecule has 0 aliphatic carbocycles. The van der Waals surface area contributed by atoms with Gasteiger partial charge in [-0.25, -0.2) is 13.2 Å². The summed E-state index contributed by atoms with van der Waals surface area (Å²) < 4.78 is 32.1. The lowest BCUT2D eigenvalue weighted by atomic mass is 9.79. The summed E-state index contributed by atoms with van der Waals surface area (Å²) >= 11 is 0. The fourth-order valence-electron chi connectivity index (χ4n) is 3.86. The zero-order valence-electron chi connectivity index (χ0n) is 13.0. The monoisotopic (exact) mass is 348 g/mol. The van der Waals surface area contributed by atoms with Gasteiger partial charge in [0.25, 0.3) is 0 Å². The molecule has 5 rings (SSSR count). The second-order valence-corrected chi connectivity index (χ2v) is 8.00. The summed E-state index contributed by atoms with van der Waals surface area (Å²) in [5.74, 6) is -0.445. The molecule has 2 aliphatic rings. The van der Waals surface area contributed by atoms with E-state index in [9.17, 15) is 13.2 Å². The van der Waals surface area contributed by atoms with E-state index in [-0.39, 0.29) is 9.79 Å². The van der Waals surface area contributed by atoms with Crippen LogP contribution >= 0.6 is 0 Å². The van der Waals surface area contributed by atoms with Crippen molar-refractivity contribution < 1.29 is 17.9 Å². The molecule has 0 unspecified atom stereocenters. The Balaban J connectivity index is 2.01. The van der Waals surface area contributed by atoms with Gasteiger partial charge >= 0.3 is 5.97 Å². The highest BCUT2D eigenvalue weighted by atomic mass is 32.2. The van der Waals surface area contributed by atoms with Crippen molar-refractivity contribution in [2.24, 2.45) is 0 Å². The number of hydrogen-bond acceptors (Lipinski definition) is 4. The van der Waals surface area contributed by atoms with Crippen molar-refractivity contribution in [3.05, 3.63) is 95.1 Å². The highest BCUT2D eigenvalue weighted by Crippen LogP contribution is 2.53. The van der Waals surface area contributed by atoms with Crippen molar-refractivity contribution in [2.45, 2.75) is 15.4 Å². The van der Waals surface area contributed by atoms with Gasteiger partial charge in [0, 0.05) is 16.7 Å². The topological polar surface area (TPSA) is 60.4 Å². The maximum atomic E-state index is 13.1. The smallest absolute Gasteiger partial charge is 0.340 e. The Kier molecular flexibility index (Phi) is 2.64. The Morgan fingerprint density at radius 1 is 0.680 bits per heavy atom. The van der Waals surface area contributed by atoms with Crippen molar-refractivity contribution >= 4 is 15.8 Å². The first kappa shape index (κ1) is 14.4. The van der Waals surface area contributed by atoms with Crippen LogP contribution < -0.4 is 0 Å². The van der Waals surface area contributed by atoms with Gasteiger partial charge in [0.1, 0.15) is 0 Å². The van der Waals surface area contributed by atoms with Crippen LogP contribution in [0.4, 0.5) is 0 Å². The molecule has 2 aliphatic heterocycles.